The fraction of sp³-hybridized carbons (Fsp3) is 0.444. The summed E-state index contributed by atoms with van der Waals surface area (Å²) in [4.78, 5) is 4.25. The first-order chi connectivity index (χ1) is 6.57. The molecule has 1 heterocycles. The highest BCUT2D eigenvalue weighted by atomic mass is 32.2. The van der Waals surface area contributed by atoms with Gasteiger partial charge in [0.1, 0.15) is 4.90 Å². The number of pyridine rings is 1. The van der Waals surface area contributed by atoms with Crippen molar-refractivity contribution in [1.29, 1.82) is 0 Å². The van der Waals surface area contributed by atoms with E-state index in [0.717, 1.165) is 36.9 Å². The number of aryl methyl sites for hydroxylation is 2. The van der Waals surface area contributed by atoms with E-state index in [1.165, 1.54) is 6.20 Å². The first-order valence-electron chi connectivity index (χ1n) is 4.58. The average molecular weight is 212 g/mol. The van der Waals surface area contributed by atoms with Crippen molar-refractivity contribution in [2.24, 2.45) is 5.14 Å². The molecule has 0 spiro atoms. The van der Waals surface area contributed by atoms with Gasteiger partial charge in [-0.3, -0.25) is 4.98 Å². The summed E-state index contributed by atoms with van der Waals surface area (Å²) < 4.78 is 22.1. The lowest BCUT2D eigenvalue weighted by atomic mass is 9.96. The number of hydrogen-bond donors (Lipinski definition) is 1. The highest BCUT2D eigenvalue weighted by Gasteiger charge is 2.15. The van der Waals surface area contributed by atoms with E-state index < -0.39 is 10.0 Å². The van der Waals surface area contributed by atoms with Crippen LogP contribution in [0.25, 0.3) is 0 Å². The molecular weight excluding hydrogens is 200 g/mol. The Kier molecular flexibility index (Phi) is 2.28. The van der Waals surface area contributed by atoms with Gasteiger partial charge in [-0.2, -0.15) is 0 Å². The zero-order valence-corrected chi connectivity index (χ0v) is 8.55. The second kappa shape index (κ2) is 3.33. The van der Waals surface area contributed by atoms with Crippen LogP contribution in [0.15, 0.2) is 17.2 Å². The van der Waals surface area contributed by atoms with Gasteiger partial charge in [-0.15, -0.1) is 0 Å². The first-order valence-corrected chi connectivity index (χ1v) is 6.12. The van der Waals surface area contributed by atoms with Crippen LogP contribution < -0.4 is 5.14 Å². The highest BCUT2D eigenvalue weighted by Crippen LogP contribution is 2.21. The summed E-state index contributed by atoms with van der Waals surface area (Å²) >= 11 is 0. The lowest BCUT2D eigenvalue weighted by Gasteiger charge is -2.14. The van der Waals surface area contributed by atoms with Gasteiger partial charge in [0.2, 0.25) is 10.0 Å². The number of nitrogens with two attached hydrogens (primary N) is 1. The van der Waals surface area contributed by atoms with Crippen molar-refractivity contribution in [3.8, 4) is 0 Å². The van der Waals surface area contributed by atoms with Crippen molar-refractivity contribution < 1.29 is 8.42 Å². The monoisotopic (exact) mass is 212 g/mol. The summed E-state index contributed by atoms with van der Waals surface area (Å²) in [5.74, 6) is 0. The topological polar surface area (TPSA) is 73.1 Å². The fourth-order valence-corrected chi connectivity index (χ4v) is 2.23. The Morgan fingerprint density at radius 3 is 2.71 bits per heavy atom. The molecule has 1 aliphatic rings. The number of rotatable bonds is 1. The highest BCUT2D eigenvalue weighted by molar-refractivity contribution is 7.89. The Labute approximate surface area is 83.2 Å². The average Bonchev–Trinajstić information content (AvgIpc) is 2.16. The summed E-state index contributed by atoms with van der Waals surface area (Å²) in [5, 5.41) is 5.02. The molecule has 2 rings (SSSR count). The zero-order chi connectivity index (χ0) is 10.2. The van der Waals surface area contributed by atoms with E-state index in [1.807, 2.05) is 0 Å². The van der Waals surface area contributed by atoms with Crippen molar-refractivity contribution >= 4 is 10.0 Å². The molecule has 0 aromatic carbocycles. The zero-order valence-electron chi connectivity index (χ0n) is 7.73. The maximum absolute atomic E-state index is 11.1. The van der Waals surface area contributed by atoms with E-state index in [9.17, 15) is 8.42 Å². The summed E-state index contributed by atoms with van der Waals surface area (Å²) in [7, 11) is -3.60. The molecule has 0 radical (unpaired) electrons. The number of fused-ring (bicyclic) bond motifs is 1. The van der Waals surface area contributed by atoms with Crippen molar-refractivity contribution in [3.63, 3.8) is 0 Å². The third kappa shape index (κ3) is 1.78. The molecule has 0 bridgehead atoms. The van der Waals surface area contributed by atoms with Crippen LogP contribution in [-0.4, -0.2) is 13.4 Å². The minimum atomic E-state index is -3.60. The predicted molar refractivity (Wildman–Crippen MR) is 52.3 cm³/mol. The Bertz CT molecular complexity index is 454. The Morgan fingerprint density at radius 2 is 2.00 bits per heavy atom. The van der Waals surface area contributed by atoms with E-state index in [4.69, 9.17) is 5.14 Å². The molecule has 0 saturated carbocycles. The lowest BCUT2D eigenvalue weighted by Crippen LogP contribution is -2.14. The SMILES string of the molecule is NS(=O)(=O)c1cnc2c(c1)CCCC2. The Morgan fingerprint density at radius 1 is 1.29 bits per heavy atom. The van der Waals surface area contributed by atoms with Gasteiger partial charge in [0.15, 0.2) is 0 Å². The molecule has 1 aromatic rings. The molecule has 2 N–H and O–H groups in total. The molecule has 76 valence electrons. The molecule has 0 amide bonds. The lowest BCUT2D eigenvalue weighted by molar-refractivity contribution is 0.596. The second-order valence-electron chi connectivity index (χ2n) is 3.53. The molecule has 14 heavy (non-hydrogen) atoms. The van der Waals surface area contributed by atoms with Crippen LogP contribution >= 0.6 is 0 Å². The molecule has 0 fully saturated rings. The van der Waals surface area contributed by atoms with Crippen LogP contribution in [0.5, 0.6) is 0 Å². The van der Waals surface area contributed by atoms with Crippen LogP contribution in [0, 0.1) is 0 Å². The van der Waals surface area contributed by atoms with Gasteiger partial charge >= 0.3 is 0 Å². The van der Waals surface area contributed by atoms with Gasteiger partial charge in [-0.1, -0.05) is 0 Å². The van der Waals surface area contributed by atoms with Crippen LogP contribution in [0.3, 0.4) is 0 Å². The van der Waals surface area contributed by atoms with E-state index in [1.54, 1.807) is 6.07 Å². The van der Waals surface area contributed by atoms with Gasteiger partial charge < -0.3 is 0 Å². The maximum Gasteiger partial charge on any atom is 0.239 e. The number of sulfonamides is 1. The Balaban J connectivity index is 2.49. The van der Waals surface area contributed by atoms with E-state index in [2.05, 4.69) is 4.98 Å². The molecule has 0 saturated heterocycles. The van der Waals surface area contributed by atoms with E-state index >= 15 is 0 Å². The van der Waals surface area contributed by atoms with Gasteiger partial charge in [-0.05, 0) is 37.3 Å². The molecule has 4 nitrogen and oxygen atoms in total. The standard InChI is InChI=1S/C9H12N2O2S/c10-14(12,13)8-5-7-3-1-2-4-9(7)11-6-8/h5-6H,1-4H2,(H2,10,12,13). The maximum atomic E-state index is 11.1. The van der Waals surface area contributed by atoms with Crippen molar-refractivity contribution in [3.05, 3.63) is 23.5 Å². The minimum Gasteiger partial charge on any atom is -0.260 e. The third-order valence-corrected chi connectivity index (χ3v) is 3.35. The quantitative estimate of drug-likeness (QED) is 0.741. The van der Waals surface area contributed by atoms with Crippen LogP contribution in [-0.2, 0) is 22.9 Å². The molecule has 1 aliphatic carbocycles. The van der Waals surface area contributed by atoms with Gasteiger partial charge in [-0.25, -0.2) is 13.6 Å². The Hall–Kier alpha value is -0.940. The summed E-state index contributed by atoms with van der Waals surface area (Å²) in [5.41, 5.74) is 2.05. The molecule has 0 aliphatic heterocycles. The summed E-state index contributed by atoms with van der Waals surface area (Å²) in [6, 6.07) is 1.65. The van der Waals surface area contributed by atoms with Gasteiger partial charge in [0.05, 0.1) is 0 Å². The van der Waals surface area contributed by atoms with Crippen molar-refractivity contribution in [2.75, 3.05) is 0 Å². The van der Waals surface area contributed by atoms with Crippen LogP contribution in [0.4, 0.5) is 0 Å². The largest absolute Gasteiger partial charge is 0.260 e. The number of primary sulfonamides is 1. The van der Waals surface area contributed by atoms with Crippen LogP contribution in [0.1, 0.15) is 24.1 Å². The predicted octanol–water partition coefficient (Wildman–Crippen LogP) is 0.608. The first kappa shape index (κ1) is 9.61. The van der Waals surface area contributed by atoms with Crippen molar-refractivity contribution in [2.45, 2.75) is 30.6 Å². The normalized spacial score (nSPS) is 16.4. The number of hydrogen-bond acceptors (Lipinski definition) is 3. The van der Waals surface area contributed by atoms with Crippen LogP contribution in [0.2, 0.25) is 0 Å². The third-order valence-electron chi connectivity index (χ3n) is 2.47. The van der Waals surface area contributed by atoms with E-state index in [-0.39, 0.29) is 4.90 Å². The molecular formula is C9H12N2O2S. The van der Waals surface area contributed by atoms with Crippen molar-refractivity contribution in [1.82, 2.24) is 4.98 Å². The van der Waals surface area contributed by atoms with Gasteiger partial charge in [0, 0.05) is 11.9 Å². The number of aromatic nitrogens is 1. The van der Waals surface area contributed by atoms with Gasteiger partial charge in [0.25, 0.3) is 0 Å². The molecule has 0 atom stereocenters. The summed E-state index contributed by atoms with van der Waals surface area (Å²) in [6.45, 7) is 0. The fourth-order valence-electron chi connectivity index (χ4n) is 1.72. The smallest absolute Gasteiger partial charge is 0.239 e. The second-order valence-corrected chi connectivity index (χ2v) is 5.09. The molecule has 1 aromatic heterocycles. The molecule has 5 heteroatoms. The van der Waals surface area contributed by atoms with E-state index in [0.29, 0.717) is 0 Å². The molecule has 0 unspecified atom stereocenters. The number of nitrogens with zero attached hydrogens (tertiary/aromatic N) is 1. The summed E-state index contributed by atoms with van der Waals surface area (Å²) in [6.07, 6.45) is 5.43. The minimum absolute atomic E-state index is 0.123.